The predicted molar refractivity (Wildman–Crippen MR) is 56.8 cm³/mol. The van der Waals surface area contributed by atoms with Gasteiger partial charge in [0.05, 0.1) is 12.2 Å². The summed E-state index contributed by atoms with van der Waals surface area (Å²) in [7, 11) is 0. The summed E-state index contributed by atoms with van der Waals surface area (Å²) in [4.78, 5) is 0.473. The van der Waals surface area contributed by atoms with Crippen LogP contribution in [0.3, 0.4) is 0 Å². The average molecular weight is 288 g/mol. The first kappa shape index (κ1) is 11.9. The van der Waals surface area contributed by atoms with E-state index in [1.165, 1.54) is 0 Å². The first-order chi connectivity index (χ1) is 4.95. The van der Waals surface area contributed by atoms with Gasteiger partial charge in [0, 0.05) is 10.2 Å². The highest BCUT2D eigenvalue weighted by atomic mass is 79.9. The standard InChI is InChI=1S/C8H16Br2O/c1-8(2,3)11-6-7(10)4-5-9/h7H,4-6H2,1-3H3. The molecule has 0 aliphatic heterocycles. The van der Waals surface area contributed by atoms with Crippen molar-refractivity contribution in [3.05, 3.63) is 0 Å². The van der Waals surface area contributed by atoms with Gasteiger partial charge in [-0.2, -0.15) is 0 Å². The number of halogens is 2. The van der Waals surface area contributed by atoms with Crippen LogP contribution >= 0.6 is 31.9 Å². The predicted octanol–water partition coefficient (Wildman–Crippen LogP) is 3.35. The van der Waals surface area contributed by atoms with Gasteiger partial charge < -0.3 is 4.74 Å². The van der Waals surface area contributed by atoms with Crippen LogP contribution in [0.4, 0.5) is 0 Å². The lowest BCUT2D eigenvalue weighted by Crippen LogP contribution is -2.23. The second kappa shape index (κ2) is 5.55. The Kier molecular flexibility index (Phi) is 6.01. The lowest BCUT2D eigenvalue weighted by molar-refractivity contribution is -0.00134. The molecular formula is C8H16Br2O. The molecule has 0 rings (SSSR count). The van der Waals surface area contributed by atoms with Crippen molar-refractivity contribution in [1.82, 2.24) is 0 Å². The normalized spacial score (nSPS) is 15.0. The van der Waals surface area contributed by atoms with Crippen LogP contribution in [-0.2, 0) is 4.74 Å². The zero-order chi connectivity index (χ0) is 8.91. The molecule has 0 saturated heterocycles. The van der Waals surface area contributed by atoms with Gasteiger partial charge in [-0.3, -0.25) is 0 Å². The second-order valence-corrected chi connectivity index (χ2v) is 5.59. The van der Waals surface area contributed by atoms with Gasteiger partial charge in [0.15, 0.2) is 0 Å². The minimum Gasteiger partial charge on any atom is -0.375 e. The van der Waals surface area contributed by atoms with E-state index in [4.69, 9.17) is 4.74 Å². The van der Waals surface area contributed by atoms with Crippen LogP contribution < -0.4 is 0 Å². The fraction of sp³-hybridized carbons (Fsp3) is 1.00. The van der Waals surface area contributed by atoms with Crippen LogP contribution in [0, 0.1) is 0 Å². The van der Waals surface area contributed by atoms with Gasteiger partial charge in [-0.25, -0.2) is 0 Å². The zero-order valence-corrected chi connectivity index (χ0v) is 10.5. The Morgan fingerprint density at radius 1 is 1.36 bits per heavy atom. The van der Waals surface area contributed by atoms with E-state index >= 15 is 0 Å². The maximum Gasteiger partial charge on any atom is 0.0599 e. The van der Waals surface area contributed by atoms with Crippen molar-refractivity contribution in [2.75, 3.05) is 11.9 Å². The molecule has 0 fully saturated rings. The third-order valence-corrected chi connectivity index (χ3v) is 2.30. The Bertz CT molecular complexity index is 98.8. The lowest BCUT2D eigenvalue weighted by atomic mass is 10.2. The molecule has 3 heteroatoms. The molecule has 0 aromatic carbocycles. The molecular weight excluding hydrogens is 272 g/mol. The van der Waals surface area contributed by atoms with Crippen LogP contribution in [0.15, 0.2) is 0 Å². The molecule has 0 aliphatic carbocycles. The smallest absolute Gasteiger partial charge is 0.0599 e. The molecule has 0 bridgehead atoms. The zero-order valence-electron chi connectivity index (χ0n) is 7.36. The van der Waals surface area contributed by atoms with Gasteiger partial charge in [-0.1, -0.05) is 31.9 Å². The van der Waals surface area contributed by atoms with Crippen molar-refractivity contribution in [3.8, 4) is 0 Å². The molecule has 0 amide bonds. The highest BCUT2D eigenvalue weighted by Gasteiger charge is 2.12. The number of hydrogen-bond acceptors (Lipinski definition) is 1. The highest BCUT2D eigenvalue weighted by Crippen LogP contribution is 2.13. The summed E-state index contributed by atoms with van der Waals surface area (Å²) in [6.45, 7) is 7.00. The minimum absolute atomic E-state index is 0.0155. The maximum absolute atomic E-state index is 5.58. The Morgan fingerprint density at radius 2 is 1.91 bits per heavy atom. The third-order valence-electron chi connectivity index (χ3n) is 1.12. The fourth-order valence-electron chi connectivity index (χ4n) is 0.542. The van der Waals surface area contributed by atoms with E-state index < -0.39 is 0 Å². The summed E-state index contributed by atoms with van der Waals surface area (Å²) in [5.74, 6) is 0. The van der Waals surface area contributed by atoms with E-state index in [-0.39, 0.29) is 5.60 Å². The lowest BCUT2D eigenvalue weighted by Gasteiger charge is -2.21. The van der Waals surface area contributed by atoms with Crippen LogP contribution in [0.2, 0.25) is 0 Å². The molecule has 1 unspecified atom stereocenters. The number of ether oxygens (including phenoxy) is 1. The minimum atomic E-state index is -0.0155. The summed E-state index contributed by atoms with van der Waals surface area (Å²) in [5.41, 5.74) is -0.0155. The number of hydrogen-bond donors (Lipinski definition) is 0. The molecule has 0 spiro atoms. The van der Waals surface area contributed by atoms with Crippen LogP contribution in [0.1, 0.15) is 27.2 Å². The Morgan fingerprint density at radius 3 is 2.27 bits per heavy atom. The Balaban J connectivity index is 3.38. The van der Waals surface area contributed by atoms with E-state index in [1.807, 2.05) is 0 Å². The largest absolute Gasteiger partial charge is 0.375 e. The first-order valence-electron chi connectivity index (χ1n) is 3.79. The van der Waals surface area contributed by atoms with Crippen molar-refractivity contribution < 1.29 is 4.74 Å². The average Bonchev–Trinajstić information content (AvgIpc) is 1.83. The van der Waals surface area contributed by atoms with Gasteiger partial charge in [-0.05, 0) is 27.2 Å². The quantitative estimate of drug-likeness (QED) is 0.721. The molecule has 1 nitrogen and oxygen atoms in total. The van der Waals surface area contributed by atoms with Gasteiger partial charge >= 0.3 is 0 Å². The van der Waals surface area contributed by atoms with Crippen LogP contribution in [-0.4, -0.2) is 22.4 Å². The maximum atomic E-state index is 5.58. The second-order valence-electron chi connectivity index (χ2n) is 3.50. The molecule has 1 atom stereocenters. The number of rotatable bonds is 4. The molecule has 68 valence electrons. The highest BCUT2D eigenvalue weighted by molar-refractivity contribution is 9.10. The molecule has 0 radical (unpaired) electrons. The van der Waals surface area contributed by atoms with E-state index in [1.54, 1.807) is 0 Å². The van der Waals surface area contributed by atoms with Crippen molar-refractivity contribution in [2.24, 2.45) is 0 Å². The van der Waals surface area contributed by atoms with Crippen molar-refractivity contribution >= 4 is 31.9 Å². The van der Waals surface area contributed by atoms with Crippen molar-refractivity contribution in [3.63, 3.8) is 0 Å². The SMILES string of the molecule is CC(C)(C)OCC(Br)CCBr. The molecule has 0 aromatic rings. The first-order valence-corrected chi connectivity index (χ1v) is 5.83. The van der Waals surface area contributed by atoms with E-state index in [0.717, 1.165) is 18.4 Å². The molecule has 11 heavy (non-hydrogen) atoms. The van der Waals surface area contributed by atoms with Gasteiger partial charge in [0.25, 0.3) is 0 Å². The summed E-state index contributed by atoms with van der Waals surface area (Å²) in [6, 6.07) is 0. The number of alkyl halides is 2. The van der Waals surface area contributed by atoms with Crippen LogP contribution in [0.25, 0.3) is 0 Å². The molecule has 0 aliphatic rings. The molecule has 0 saturated carbocycles. The van der Waals surface area contributed by atoms with Crippen molar-refractivity contribution in [2.45, 2.75) is 37.6 Å². The fourth-order valence-corrected chi connectivity index (χ4v) is 2.07. The van der Waals surface area contributed by atoms with Gasteiger partial charge in [-0.15, -0.1) is 0 Å². The van der Waals surface area contributed by atoms with Crippen molar-refractivity contribution in [1.29, 1.82) is 0 Å². The Hall–Kier alpha value is 0.920. The third kappa shape index (κ3) is 8.83. The van der Waals surface area contributed by atoms with E-state index in [0.29, 0.717) is 4.83 Å². The van der Waals surface area contributed by atoms with Gasteiger partial charge in [0.2, 0.25) is 0 Å². The summed E-state index contributed by atoms with van der Waals surface area (Å²) >= 11 is 6.92. The summed E-state index contributed by atoms with van der Waals surface area (Å²) in [6.07, 6.45) is 1.11. The molecule has 0 aromatic heterocycles. The Labute approximate surface area is 86.1 Å². The van der Waals surface area contributed by atoms with Gasteiger partial charge in [0.1, 0.15) is 0 Å². The summed E-state index contributed by atoms with van der Waals surface area (Å²) in [5, 5.41) is 1.02. The molecule has 0 heterocycles. The summed E-state index contributed by atoms with van der Waals surface area (Å²) < 4.78 is 5.58. The van der Waals surface area contributed by atoms with Crippen LogP contribution in [0.5, 0.6) is 0 Å². The van der Waals surface area contributed by atoms with E-state index in [2.05, 4.69) is 52.6 Å². The molecule has 0 N–H and O–H groups in total. The topological polar surface area (TPSA) is 9.23 Å². The monoisotopic (exact) mass is 286 g/mol. The van der Waals surface area contributed by atoms with E-state index in [9.17, 15) is 0 Å².